The Kier molecular flexibility index (Phi) is 7.49. The van der Waals surface area contributed by atoms with Crippen molar-refractivity contribution < 1.29 is 5.11 Å². The average Bonchev–Trinajstić information content (AvgIpc) is 2.04. The maximum atomic E-state index is 8.56. The van der Waals surface area contributed by atoms with Crippen LogP contribution in [0.1, 0.15) is 40.0 Å². The van der Waals surface area contributed by atoms with E-state index < -0.39 is 0 Å². The lowest BCUT2D eigenvalue weighted by Crippen LogP contribution is -2.10. The maximum Gasteiger partial charge on any atom is 0.0431 e. The molecular formula is C9H20OS2. The second kappa shape index (κ2) is 7.10. The molecule has 0 heterocycles. The van der Waals surface area contributed by atoms with Crippen LogP contribution < -0.4 is 0 Å². The van der Waals surface area contributed by atoms with E-state index in [9.17, 15) is 0 Å². The first kappa shape index (κ1) is 12.7. The van der Waals surface area contributed by atoms with E-state index in [4.69, 9.17) is 5.11 Å². The third-order valence-electron chi connectivity index (χ3n) is 1.77. The van der Waals surface area contributed by atoms with E-state index in [1.165, 1.54) is 6.42 Å². The van der Waals surface area contributed by atoms with Gasteiger partial charge in [0.1, 0.15) is 0 Å². The summed E-state index contributed by atoms with van der Waals surface area (Å²) in [6.07, 6.45) is 3.29. The predicted octanol–water partition coefficient (Wildman–Crippen LogP) is 3.33. The van der Waals surface area contributed by atoms with Gasteiger partial charge in [-0.2, -0.15) is 0 Å². The summed E-state index contributed by atoms with van der Waals surface area (Å²) in [5, 5.41) is 8.56. The molecule has 3 heteroatoms. The Morgan fingerprint density at radius 2 is 1.92 bits per heavy atom. The average molecular weight is 208 g/mol. The van der Waals surface area contributed by atoms with Gasteiger partial charge in [-0.1, -0.05) is 28.5 Å². The van der Waals surface area contributed by atoms with Crippen LogP contribution >= 0.6 is 21.6 Å². The Hall–Kier alpha value is 0.660. The molecular weight excluding hydrogens is 188 g/mol. The molecule has 0 saturated carbocycles. The molecule has 0 aromatic carbocycles. The highest BCUT2D eigenvalue weighted by atomic mass is 33.1. The smallest absolute Gasteiger partial charge is 0.0431 e. The van der Waals surface area contributed by atoms with Crippen LogP contribution in [-0.4, -0.2) is 22.2 Å². The first-order valence-electron chi connectivity index (χ1n) is 4.54. The number of rotatable bonds is 7. The predicted molar refractivity (Wildman–Crippen MR) is 60.7 cm³/mol. The van der Waals surface area contributed by atoms with Gasteiger partial charge in [-0.3, -0.25) is 0 Å². The fraction of sp³-hybridized carbons (Fsp3) is 1.00. The molecule has 0 amide bonds. The highest BCUT2D eigenvalue weighted by Crippen LogP contribution is 2.37. The topological polar surface area (TPSA) is 20.2 Å². The van der Waals surface area contributed by atoms with Crippen LogP contribution in [0.4, 0.5) is 0 Å². The van der Waals surface area contributed by atoms with Crippen molar-refractivity contribution in [3.8, 4) is 0 Å². The van der Waals surface area contributed by atoms with Gasteiger partial charge in [-0.15, -0.1) is 0 Å². The van der Waals surface area contributed by atoms with Gasteiger partial charge >= 0.3 is 0 Å². The van der Waals surface area contributed by atoms with E-state index in [-0.39, 0.29) is 0 Å². The van der Waals surface area contributed by atoms with E-state index in [0.717, 1.165) is 18.6 Å². The van der Waals surface area contributed by atoms with E-state index in [1.807, 2.05) is 21.6 Å². The number of aliphatic hydroxyl groups is 1. The van der Waals surface area contributed by atoms with Crippen LogP contribution in [0.15, 0.2) is 0 Å². The minimum Gasteiger partial charge on any atom is -0.396 e. The quantitative estimate of drug-likeness (QED) is 0.512. The van der Waals surface area contributed by atoms with Crippen molar-refractivity contribution in [3.05, 3.63) is 0 Å². The zero-order chi connectivity index (χ0) is 9.45. The Bertz CT molecular complexity index is 105. The molecule has 0 aliphatic rings. The van der Waals surface area contributed by atoms with Crippen LogP contribution in [0.2, 0.25) is 0 Å². The molecule has 0 atom stereocenters. The molecule has 1 N–H and O–H groups in total. The van der Waals surface area contributed by atoms with Gasteiger partial charge in [-0.25, -0.2) is 0 Å². The zero-order valence-electron chi connectivity index (χ0n) is 8.30. The van der Waals surface area contributed by atoms with Gasteiger partial charge in [-0.05, 0) is 33.1 Å². The molecule has 0 saturated heterocycles. The molecule has 0 aliphatic heterocycles. The molecule has 0 spiro atoms. The molecule has 1 nitrogen and oxygen atoms in total. The van der Waals surface area contributed by atoms with Crippen molar-refractivity contribution in [2.75, 3.05) is 12.4 Å². The van der Waals surface area contributed by atoms with E-state index in [1.54, 1.807) is 0 Å². The van der Waals surface area contributed by atoms with Crippen LogP contribution in [0.5, 0.6) is 0 Å². The van der Waals surface area contributed by atoms with Gasteiger partial charge in [0.05, 0.1) is 0 Å². The highest BCUT2D eigenvalue weighted by Gasteiger charge is 2.15. The lowest BCUT2D eigenvalue weighted by Gasteiger charge is -2.20. The lowest BCUT2D eigenvalue weighted by molar-refractivity contribution is 0.287. The Labute approximate surface area is 84.1 Å². The van der Waals surface area contributed by atoms with E-state index in [2.05, 4.69) is 20.8 Å². The summed E-state index contributed by atoms with van der Waals surface area (Å²) in [7, 11) is 3.89. The minimum atomic E-state index is 0.336. The summed E-state index contributed by atoms with van der Waals surface area (Å²) >= 11 is 0. The zero-order valence-corrected chi connectivity index (χ0v) is 9.93. The van der Waals surface area contributed by atoms with E-state index >= 15 is 0 Å². The molecule has 0 aromatic rings. The number of aliphatic hydroxyl groups excluding tert-OH is 1. The Morgan fingerprint density at radius 1 is 1.25 bits per heavy atom. The third kappa shape index (κ3) is 7.32. The van der Waals surface area contributed by atoms with Crippen LogP contribution in [0, 0.1) is 0 Å². The van der Waals surface area contributed by atoms with Crippen LogP contribution in [0.3, 0.4) is 0 Å². The van der Waals surface area contributed by atoms with Crippen molar-refractivity contribution in [2.24, 2.45) is 0 Å². The summed E-state index contributed by atoms with van der Waals surface area (Å²) in [4.78, 5) is 0. The second-order valence-electron chi connectivity index (χ2n) is 3.45. The number of hydrogen-bond acceptors (Lipinski definition) is 3. The first-order chi connectivity index (χ1) is 5.62. The van der Waals surface area contributed by atoms with Crippen molar-refractivity contribution in [2.45, 2.75) is 44.8 Å². The normalized spacial score (nSPS) is 12.0. The fourth-order valence-corrected chi connectivity index (χ4v) is 3.29. The summed E-state index contributed by atoms with van der Waals surface area (Å²) in [5.41, 5.74) is 0. The molecule has 74 valence electrons. The Balaban J connectivity index is 3.19. The third-order valence-corrected chi connectivity index (χ3v) is 5.29. The van der Waals surface area contributed by atoms with Crippen molar-refractivity contribution >= 4 is 21.6 Å². The fourth-order valence-electron chi connectivity index (χ4n) is 0.533. The molecule has 0 unspecified atom stereocenters. The van der Waals surface area contributed by atoms with Gasteiger partial charge in [0.15, 0.2) is 0 Å². The summed E-state index contributed by atoms with van der Waals surface area (Å²) in [5.74, 6) is 1.16. The molecule has 0 rings (SSSR count). The van der Waals surface area contributed by atoms with E-state index in [0.29, 0.717) is 11.4 Å². The summed E-state index contributed by atoms with van der Waals surface area (Å²) < 4.78 is 0.407. The Morgan fingerprint density at radius 3 is 2.42 bits per heavy atom. The van der Waals surface area contributed by atoms with Crippen molar-refractivity contribution in [3.63, 3.8) is 0 Å². The largest absolute Gasteiger partial charge is 0.396 e. The monoisotopic (exact) mass is 208 g/mol. The number of hydrogen-bond donors (Lipinski definition) is 1. The molecule has 0 fully saturated rings. The molecule has 0 radical (unpaired) electrons. The van der Waals surface area contributed by atoms with Crippen LogP contribution in [-0.2, 0) is 0 Å². The van der Waals surface area contributed by atoms with Crippen LogP contribution in [0.25, 0.3) is 0 Å². The standard InChI is InChI=1S/C9H20OS2/c1-4-9(2,3)12-11-8-6-5-7-10/h10H,4-8H2,1-3H3. The van der Waals surface area contributed by atoms with Gasteiger partial charge in [0.2, 0.25) is 0 Å². The second-order valence-corrected chi connectivity index (χ2v) is 6.57. The van der Waals surface area contributed by atoms with Gasteiger partial charge < -0.3 is 5.11 Å². The molecule has 0 aromatic heterocycles. The lowest BCUT2D eigenvalue weighted by atomic mass is 10.1. The van der Waals surface area contributed by atoms with Crippen molar-refractivity contribution in [1.82, 2.24) is 0 Å². The molecule has 12 heavy (non-hydrogen) atoms. The number of unbranched alkanes of at least 4 members (excludes halogenated alkanes) is 1. The van der Waals surface area contributed by atoms with Crippen molar-refractivity contribution in [1.29, 1.82) is 0 Å². The summed E-state index contributed by atoms with van der Waals surface area (Å²) in [6.45, 7) is 7.11. The minimum absolute atomic E-state index is 0.336. The molecule has 0 aliphatic carbocycles. The maximum absolute atomic E-state index is 8.56. The van der Waals surface area contributed by atoms with Gasteiger partial charge in [0.25, 0.3) is 0 Å². The molecule has 0 bridgehead atoms. The summed E-state index contributed by atoms with van der Waals surface area (Å²) in [6, 6.07) is 0. The SMILES string of the molecule is CCC(C)(C)SSCCCCO. The first-order valence-corrected chi connectivity index (χ1v) is 6.86. The highest BCUT2D eigenvalue weighted by molar-refractivity contribution is 8.77. The van der Waals surface area contributed by atoms with Gasteiger partial charge in [0, 0.05) is 17.1 Å².